The molecule has 0 bridgehead atoms. The lowest BCUT2D eigenvalue weighted by Crippen LogP contribution is -2.05. The highest BCUT2D eigenvalue weighted by molar-refractivity contribution is 7.78. The molecule has 0 aliphatic rings. The fourth-order valence-corrected chi connectivity index (χ4v) is 1.16. The Hall–Kier alpha value is -1.46. The van der Waals surface area contributed by atoms with E-state index in [0.717, 1.165) is 24.2 Å². The van der Waals surface area contributed by atoms with E-state index in [9.17, 15) is 0 Å². The summed E-state index contributed by atoms with van der Waals surface area (Å²) in [5.41, 5.74) is 1.75. The molecule has 2 nitrogen and oxygen atoms in total. The first-order valence-electron chi connectivity index (χ1n) is 4.68. The van der Waals surface area contributed by atoms with Gasteiger partial charge in [-0.25, -0.2) is 0 Å². The van der Waals surface area contributed by atoms with Crippen molar-refractivity contribution in [3.8, 4) is 11.8 Å². The summed E-state index contributed by atoms with van der Waals surface area (Å²) in [6.07, 6.45) is 0.844. The van der Waals surface area contributed by atoms with Gasteiger partial charge in [-0.15, -0.1) is 0 Å². The van der Waals surface area contributed by atoms with E-state index >= 15 is 0 Å². The van der Waals surface area contributed by atoms with Crippen LogP contribution >= 0.6 is 12.2 Å². The van der Waals surface area contributed by atoms with Gasteiger partial charge >= 0.3 is 0 Å². The number of nitrogens with one attached hydrogen (secondary N) is 1. The minimum atomic E-state index is 0.797. The van der Waals surface area contributed by atoms with Crippen molar-refractivity contribution in [1.82, 2.24) is 5.32 Å². The Bertz CT molecular complexity index is 423. The number of nitrogens with zero attached hydrogens (tertiary/aromatic N) is 1. The van der Waals surface area contributed by atoms with Gasteiger partial charge in [-0.2, -0.15) is 4.99 Å². The summed E-state index contributed by atoms with van der Waals surface area (Å²) < 4.78 is 0. The first-order valence-corrected chi connectivity index (χ1v) is 5.09. The third-order valence-corrected chi connectivity index (χ3v) is 1.84. The van der Waals surface area contributed by atoms with Crippen LogP contribution in [0.2, 0.25) is 0 Å². The van der Waals surface area contributed by atoms with Gasteiger partial charge in [0.15, 0.2) is 0 Å². The number of hydrogen-bond acceptors (Lipinski definition) is 3. The second-order valence-corrected chi connectivity index (χ2v) is 3.09. The van der Waals surface area contributed by atoms with E-state index in [-0.39, 0.29) is 0 Å². The van der Waals surface area contributed by atoms with E-state index in [1.807, 2.05) is 31.3 Å². The molecule has 0 spiro atoms. The molecular weight excluding hydrogens is 204 g/mol. The third-order valence-electron chi connectivity index (χ3n) is 1.75. The van der Waals surface area contributed by atoms with Crippen LogP contribution in [0, 0.1) is 11.8 Å². The standard InChI is InChI=1S/C12H12N2S/c1-13-8-3-2-5-11-6-4-7-12(9-11)14-10-15/h4,6-7,9,13H,3,8H2,1H3. The van der Waals surface area contributed by atoms with E-state index in [2.05, 4.69) is 39.5 Å². The summed E-state index contributed by atoms with van der Waals surface area (Å²) in [6, 6.07) is 7.63. The van der Waals surface area contributed by atoms with Crippen molar-refractivity contribution in [3.05, 3.63) is 29.8 Å². The topological polar surface area (TPSA) is 24.4 Å². The first-order chi connectivity index (χ1) is 7.36. The zero-order chi connectivity index (χ0) is 10.9. The van der Waals surface area contributed by atoms with Gasteiger partial charge in [-0.3, -0.25) is 0 Å². The van der Waals surface area contributed by atoms with Crippen molar-refractivity contribution < 1.29 is 0 Å². The molecule has 0 saturated heterocycles. The Morgan fingerprint density at radius 2 is 2.33 bits per heavy atom. The molecule has 0 aliphatic carbocycles. The molecule has 1 N–H and O–H groups in total. The molecule has 0 fully saturated rings. The minimum absolute atomic E-state index is 0.797. The van der Waals surface area contributed by atoms with Crippen molar-refractivity contribution in [2.45, 2.75) is 6.42 Å². The van der Waals surface area contributed by atoms with Crippen molar-refractivity contribution in [3.63, 3.8) is 0 Å². The number of aliphatic imine (C=N–C) groups is 1. The predicted octanol–water partition coefficient (Wildman–Crippen LogP) is 2.38. The lowest BCUT2D eigenvalue weighted by atomic mass is 10.2. The van der Waals surface area contributed by atoms with Crippen LogP contribution in [0.25, 0.3) is 0 Å². The molecule has 15 heavy (non-hydrogen) atoms. The van der Waals surface area contributed by atoms with E-state index < -0.39 is 0 Å². The predicted molar refractivity (Wildman–Crippen MR) is 66.5 cm³/mol. The SMILES string of the molecule is CNCCC#Cc1cccc(N=C=S)c1. The Morgan fingerprint density at radius 1 is 1.47 bits per heavy atom. The van der Waals surface area contributed by atoms with E-state index in [1.165, 1.54) is 0 Å². The average molecular weight is 216 g/mol. The number of isothiocyanates is 1. The van der Waals surface area contributed by atoms with Gasteiger partial charge in [0.2, 0.25) is 0 Å². The fourth-order valence-electron chi connectivity index (χ4n) is 1.06. The molecule has 1 aromatic rings. The highest BCUT2D eigenvalue weighted by Crippen LogP contribution is 2.12. The average Bonchev–Trinajstić information content (AvgIpc) is 2.26. The molecule has 0 atom stereocenters. The quantitative estimate of drug-likeness (QED) is 0.363. The maximum absolute atomic E-state index is 4.54. The largest absolute Gasteiger partial charge is 0.319 e. The fraction of sp³-hybridized carbons (Fsp3) is 0.250. The van der Waals surface area contributed by atoms with Crippen LogP contribution < -0.4 is 5.32 Å². The van der Waals surface area contributed by atoms with Crippen molar-refractivity contribution in [2.75, 3.05) is 13.6 Å². The molecule has 76 valence electrons. The summed E-state index contributed by atoms with van der Waals surface area (Å²) in [5.74, 6) is 6.14. The van der Waals surface area contributed by atoms with Crippen LogP contribution in [0.3, 0.4) is 0 Å². The van der Waals surface area contributed by atoms with Crippen molar-refractivity contribution in [1.29, 1.82) is 0 Å². The maximum atomic E-state index is 4.54. The normalized spacial score (nSPS) is 8.60. The van der Waals surface area contributed by atoms with E-state index in [0.29, 0.717) is 0 Å². The van der Waals surface area contributed by atoms with Crippen molar-refractivity contribution >= 4 is 23.1 Å². The maximum Gasteiger partial charge on any atom is 0.0751 e. The molecule has 0 aromatic heterocycles. The van der Waals surface area contributed by atoms with Crippen LogP contribution in [0.4, 0.5) is 5.69 Å². The molecule has 3 heteroatoms. The summed E-state index contributed by atoms with van der Waals surface area (Å²) in [7, 11) is 1.91. The number of benzene rings is 1. The Balaban J connectivity index is 2.71. The molecule has 1 rings (SSSR count). The number of hydrogen-bond donors (Lipinski definition) is 1. The summed E-state index contributed by atoms with van der Waals surface area (Å²) in [5, 5.41) is 5.38. The molecule has 0 saturated carbocycles. The Labute approximate surface area is 95.4 Å². The van der Waals surface area contributed by atoms with E-state index in [1.54, 1.807) is 0 Å². The Morgan fingerprint density at radius 3 is 3.07 bits per heavy atom. The van der Waals surface area contributed by atoms with Gasteiger partial charge < -0.3 is 5.32 Å². The molecular formula is C12H12N2S. The zero-order valence-corrected chi connectivity index (χ0v) is 9.40. The molecule has 0 heterocycles. The van der Waals surface area contributed by atoms with Crippen LogP contribution in [0.1, 0.15) is 12.0 Å². The third kappa shape index (κ3) is 4.53. The second-order valence-electron chi connectivity index (χ2n) is 2.91. The summed E-state index contributed by atoms with van der Waals surface area (Å²) >= 11 is 4.54. The highest BCUT2D eigenvalue weighted by Gasteiger charge is 1.89. The highest BCUT2D eigenvalue weighted by atomic mass is 32.1. The molecule has 0 amide bonds. The summed E-state index contributed by atoms with van der Waals surface area (Å²) in [4.78, 5) is 3.90. The van der Waals surface area contributed by atoms with Crippen molar-refractivity contribution in [2.24, 2.45) is 4.99 Å². The monoisotopic (exact) mass is 216 g/mol. The van der Waals surface area contributed by atoms with Gasteiger partial charge in [0.05, 0.1) is 10.8 Å². The number of thiocarbonyl (C=S) groups is 1. The smallest absolute Gasteiger partial charge is 0.0751 e. The lowest BCUT2D eigenvalue weighted by molar-refractivity contribution is 0.818. The number of rotatable bonds is 3. The molecule has 0 aliphatic heterocycles. The lowest BCUT2D eigenvalue weighted by Gasteiger charge is -1.92. The van der Waals surface area contributed by atoms with Crippen LogP contribution in [-0.2, 0) is 0 Å². The van der Waals surface area contributed by atoms with Gasteiger partial charge in [0.1, 0.15) is 0 Å². The van der Waals surface area contributed by atoms with Crippen LogP contribution in [0.15, 0.2) is 29.3 Å². The van der Waals surface area contributed by atoms with Gasteiger partial charge in [-0.1, -0.05) is 17.9 Å². The van der Waals surface area contributed by atoms with Gasteiger partial charge in [0, 0.05) is 18.5 Å². The molecule has 1 aromatic carbocycles. The van der Waals surface area contributed by atoms with Gasteiger partial charge in [0.25, 0.3) is 0 Å². The minimum Gasteiger partial charge on any atom is -0.319 e. The summed E-state index contributed by atoms with van der Waals surface area (Å²) in [6.45, 7) is 0.908. The van der Waals surface area contributed by atoms with Gasteiger partial charge in [-0.05, 0) is 37.5 Å². The molecule has 0 unspecified atom stereocenters. The first kappa shape index (κ1) is 11.6. The molecule has 0 radical (unpaired) electrons. The Kier molecular flexibility index (Phi) is 5.35. The second kappa shape index (κ2) is 6.92. The van der Waals surface area contributed by atoms with Crippen LogP contribution in [0.5, 0.6) is 0 Å². The van der Waals surface area contributed by atoms with E-state index in [4.69, 9.17) is 0 Å². The van der Waals surface area contributed by atoms with Crippen LogP contribution in [-0.4, -0.2) is 18.8 Å². The zero-order valence-electron chi connectivity index (χ0n) is 8.58.